The van der Waals surface area contributed by atoms with Crippen molar-refractivity contribution in [2.45, 2.75) is 12.4 Å². The van der Waals surface area contributed by atoms with E-state index in [0.29, 0.717) is 5.56 Å². The van der Waals surface area contributed by atoms with Gasteiger partial charge in [-0.1, -0.05) is 17.3 Å². The second kappa shape index (κ2) is 8.45. The standard InChI is InChI=1S/C14H16BN7O6/c16-4-5-27-20-10(12-18-21-22-19-12)13(23)17-9-6-7-2-1-3-8(14(24)25)11(7)28-15(9)26/h1-3,9,26H,4-6,16H2,(H,17,23)(H,24,25)(H,18,19,21,22). The average molecular weight is 389 g/mol. The second-order valence-electron chi connectivity index (χ2n) is 5.70. The minimum Gasteiger partial charge on any atom is -0.534 e. The fourth-order valence-electron chi connectivity index (χ4n) is 2.57. The Morgan fingerprint density at radius 2 is 2.32 bits per heavy atom. The van der Waals surface area contributed by atoms with Crippen LogP contribution < -0.4 is 15.7 Å². The van der Waals surface area contributed by atoms with Crippen molar-refractivity contribution in [3.8, 4) is 5.75 Å². The predicted molar refractivity (Wildman–Crippen MR) is 93.4 cm³/mol. The van der Waals surface area contributed by atoms with Gasteiger partial charge in [0.25, 0.3) is 5.91 Å². The molecule has 1 aromatic carbocycles. The van der Waals surface area contributed by atoms with E-state index < -0.39 is 24.9 Å². The molecule has 1 aliphatic heterocycles. The van der Waals surface area contributed by atoms with Gasteiger partial charge in [0, 0.05) is 6.54 Å². The Balaban J connectivity index is 1.79. The van der Waals surface area contributed by atoms with E-state index >= 15 is 0 Å². The molecule has 0 fully saturated rings. The number of amides is 1. The number of nitrogens with one attached hydrogen (secondary N) is 2. The lowest BCUT2D eigenvalue weighted by molar-refractivity contribution is -0.115. The zero-order valence-electron chi connectivity index (χ0n) is 14.4. The van der Waals surface area contributed by atoms with Gasteiger partial charge in [-0.3, -0.25) is 4.79 Å². The van der Waals surface area contributed by atoms with Crippen LogP contribution in [0.3, 0.4) is 0 Å². The molecule has 14 heteroatoms. The molecule has 0 saturated heterocycles. The monoisotopic (exact) mass is 389 g/mol. The van der Waals surface area contributed by atoms with E-state index in [1.54, 1.807) is 12.1 Å². The van der Waals surface area contributed by atoms with Crippen LogP contribution in [0.1, 0.15) is 21.7 Å². The quantitative estimate of drug-likeness (QED) is 0.149. The number of carboxylic acids is 1. The maximum Gasteiger partial charge on any atom is 0.547 e. The Labute approximate surface area is 158 Å². The number of para-hydroxylation sites is 1. The van der Waals surface area contributed by atoms with Gasteiger partial charge in [0.2, 0.25) is 11.5 Å². The molecule has 0 saturated carbocycles. The van der Waals surface area contributed by atoms with Crippen molar-refractivity contribution in [2.75, 3.05) is 13.2 Å². The first-order chi connectivity index (χ1) is 13.5. The molecule has 146 valence electrons. The van der Waals surface area contributed by atoms with Crippen LogP contribution in [0.15, 0.2) is 23.4 Å². The summed E-state index contributed by atoms with van der Waals surface area (Å²) in [6, 6.07) is 4.56. The fraction of sp³-hybridized carbons (Fsp3) is 0.286. The Kier molecular flexibility index (Phi) is 5.81. The van der Waals surface area contributed by atoms with Crippen LogP contribution in [0, 0.1) is 0 Å². The van der Waals surface area contributed by atoms with E-state index in [2.05, 4.69) is 31.1 Å². The highest BCUT2D eigenvalue weighted by Gasteiger charge is 2.38. The van der Waals surface area contributed by atoms with Crippen LogP contribution in [0.5, 0.6) is 5.75 Å². The summed E-state index contributed by atoms with van der Waals surface area (Å²) in [5.41, 5.74) is 5.51. The number of nitrogens with zero attached hydrogens (tertiary/aromatic N) is 4. The van der Waals surface area contributed by atoms with Gasteiger partial charge >= 0.3 is 13.1 Å². The first-order valence-corrected chi connectivity index (χ1v) is 8.16. The second-order valence-corrected chi connectivity index (χ2v) is 5.70. The normalized spacial score (nSPS) is 16.1. The Morgan fingerprint density at radius 3 is 3.00 bits per heavy atom. The van der Waals surface area contributed by atoms with Gasteiger partial charge in [-0.15, -0.1) is 5.10 Å². The molecule has 2 aromatic rings. The molecular weight excluding hydrogens is 373 g/mol. The Morgan fingerprint density at radius 1 is 1.50 bits per heavy atom. The number of hydrogen-bond acceptors (Lipinski definition) is 10. The molecule has 0 aliphatic carbocycles. The molecule has 1 unspecified atom stereocenters. The third-order valence-corrected chi connectivity index (χ3v) is 3.82. The van der Waals surface area contributed by atoms with Crippen LogP contribution in [0.4, 0.5) is 0 Å². The van der Waals surface area contributed by atoms with Gasteiger partial charge in [0.15, 0.2) is 0 Å². The van der Waals surface area contributed by atoms with Gasteiger partial charge in [0.05, 0.1) is 11.5 Å². The minimum atomic E-state index is -1.48. The van der Waals surface area contributed by atoms with Crippen molar-refractivity contribution in [1.82, 2.24) is 25.9 Å². The lowest BCUT2D eigenvalue weighted by Crippen LogP contribution is -2.54. The first kappa shape index (κ1) is 19.3. The number of rotatable bonds is 7. The summed E-state index contributed by atoms with van der Waals surface area (Å²) in [5.74, 6) is -2.78. The van der Waals surface area contributed by atoms with Gasteiger partial charge < -0.3 is 30.7 Å². The molecular formula is C14H16BN7O6. The Hall–Kier alpha value is -3.52. The summed E-state index contributed by atoms with van der Waals surface area (Å²) >= 11 is 0. The maximum atomic E-state index is 12.6. The number of aromatic nitrogens is 4. The number of nitrogens with two attached hydrogens (primary N) is 1. The number of hydrogen-bond donors (Lipinski definition) is 5. The summed E-state index contributed by atoms with van der Waals surface area (Å²) in [7, 11) is -1.48. The molecule has 2 heterocycles. The highest BCUT2D eigenvalue weighted by atomic mass is 16.6. The number of H-pyrrole nitrogens is 1. The van der Waals surface area contributed by atoms with Crippen LogP contribution in [-0.2, 0) is 16.1 Å². The first-order valence-electron chi connectivity index (χ1n) is 8.16. The topological polar surface area (TPSA) is 198 Å². The number of benzene rings is 1. The number of fused-ring (bicyclic) bond motifs is 1. The van der Waals surface area contributed by atoms with Crippen LogP contribution in [0.2, 0.25) is 0 Å². The molecule has 1 amide bonds. The highest BCUT2D eigenvalue weighted by Crippen LogP contribution is 2.30. The van der Waals surface area contributed by atoms with Gasteiger partial charge in [-0.25, -0.2) is 9.89 Å². The van der Waals surface area contributed by atoms with Crippen molar-refractivity contribution in [1.29, 1.82) is 0 Å². The van der Waals surface area contributed by atoms with E-state index in [9.17, 15) is 19.7 Å². The van der Waals surface area contributed by atoms with E-state index in [4.69, 9.17) is 15.2 Å². The molecule has 1 atom stereocenters. The predicted octanol–water partition coefficient (Wildman–Crippen LogP) is -2.28. The molecule has 6 N–H and O–H groups in total. The van der Waals surface area contributed by atoms with Crippen LogP contribution in [0.25, 0.3) is 0 Å². The SMILES string of the molecule is NCCON=C(C(=O)NC1Cc2cccc(C(=O)O)c2OB1O)c1nnn[nH]1. The van der Waals surface area contributed by atoms with Crippen molar-refractivity contribution in [3.63, 3.8) is 0 Å². The maximum absolute atomic E-state index is 12.6. The summed E-state index contributed by atoms with van der Waals surface area (Å²) in [6.07, 6.45) is 0.134. The molecule has 28 heavy (non-hydrogen) atoms. The highest BCUT2D eigenvalue weighted by molar-refractivity contribution is 6.50. The third-order valence-electron chi connectivity index (χ3n) is 3.82. The molecule has 1 aliphatic rings. The lowest BCUT2D eigenvalue weighted by Gasteiger charge is -2.28. The van der Waals surface area contributed by atoms with E-state index in [-0.39, 0.29) is 42.4 Å². The third kappa shape index (κ3) is 4.07. The molecule has 3 rings (SSSR count). The van der Waals surface area contributed by atoms with E-state index in [1.165, 1.54) is 6.07 Å². The Bertz CT molecular complexity index is 890. The number of tetrazole rings is 1. The van der Waals surface area contributed by atoms with Gasteiger partial charge in [-0.05, 0) is 28.5 Å². The van der Waals surface area contributed by atoms with Crippen LogP contribution >= 0.6 is 0 Å². The van der Waals surface area contributed by atoms with Gasteiger partial charge in [-0.2, -0.15) is 0 Å². The lowest BCUT2D eigenvalue weighted by atomic mass is 9.72. The number of aromatic amines is 1. The molecule has 0 spiro atoms. The zero-order chi connectivity index (χ0) is 20.1. The van der Waals surface area contributed by atoms with Crippen molar-refractivity contribution >= 4 is 24.7 Å². The number of carboxylic acid groups (broad SMARTS) is 1. The van der Waals surface area contributed by atoms with Crippen molar-refractivity contribution < 1.29 is 29.2 Å². The summed E-state index contributed by atoms with van der Waals surface area (Å²) < 4.78 is 5.33. The number of aromatic carboxylic acids is 1. The van der Waals surface area contributed by atoms with E-state index in [0.717, 1.165) is 0 Å². The molecule has 1 aromatic heterocycles. The average Bonchev–Trinajstić information content (AvgIpc) is 3.19. The minimum absolute atomic E-state index is 0.0469. The number of carbonyl (C=O) groups excluding carboxylic acids is 1. The number of oxime groups is 1. The van der Waals surface area contributed by atoms with Crippen molar-refractivity contribution in [3.05, 3.63) is 35.2 Å². The molecule has 0 bridgehead atoms. The van der Waals surface area contributed by atoms with E-state index in [1.807, 2.05) is 0 Å². The van der Waals surface area contributed by atoms with Gasteiger partial charge in [0.1, 0.15) is 12.4 Å². The largest absolute Gasteiger partial charge is 0.547 e. The van der Waals surface area contributed by atoms with Crippen molar-refractivity contribution in [2.24, 2.45) is 10.9 Å². The number of carbonyl (C=O) groups is 2. The van der Waals surface area contributed by atoms with Crippen LogP contribution in [-0.4, -0.2) is 74.6 Å². The summed E-state index contributed by atoms with van der Waals surface area (Å²) in [5, 5.41) is 38.5. The molecule has 13 nitrogen and oxygen atoms in total. The molecule has 0 radical (unpaired) electrons. The smallest absolute Gasteiger partial charge is 0.534 e. The zero-order valence-corrected chi connectivity index (χ0v) is 14.4. The summed E-state index contributed by atoms with van der Waals surface area (Å²) in [4.78, 5) is 28.8. The fourth-order valence-corrected chi connectivity index (χ4v) is 2.57. The summed E-state index contributed by atoms with van der Waals surface area (Å²) in [6.45, 7) is 0.254.